The SMILES string of the molecule is CCCCCCCCCC/C=C\CCCCCCCCCCCCCCCCCC(=O)OCC(COC(=O)CCCCCCCCCCCCCC)OC(=O)CCCCCCCCCCCCCCCCCCCC. The van der Waals surface area contributed by atoms with Gasteiger partial charge in [0.1, 0.15) is 13.2 Å². The lowest BCUT2D eigenvalue weighted by Gasteiger charge is -2.18. The quantitative estimate of drug-likeness (QED) is 0.0261. The standard InChI is InChI=1S/C69H132O6/c1-4-7-10-13-16-19-22-25-27-29-31-32-33-34-35-36-37-38-39-41-42-44-47-50-53-56-59-62-68(71)74-65-66(64-73-67(70)61-58-55-52-49-46-24-21-18-15-12-9-6-3)75-69(72)63-60-57-54-51-48-45-43-40-30-28-26-23-20-17-14-11-8-5-2/h29,31,66H,4-28,30,32-65H2,1-3H3/b31-29-. The molecule has 0 heterocycles. The first-order valence-corrected chi connectivity index (χ1v) is 34.2. The number of rotatable bonds is 64. The van der Waals surface area contributed by atoms with Crippen molar-refractivity contribution in [1.29, 1.82) is 0 Å². The van der Waals surface area contributed by atoms with Gasteiger partial charge in [0.15, 0.2) is 6.10 Å². The molecule has 0 amide bonds. The Balaban J connectivity index is 4.16. The molecule has 0 aliphatic heterocycles. The van der Waals surface area contributed by atoms with Crippen molar-refractivity contribution in [2.45, 2.75) is 399 Å². The highest BCUT2D eigenvalue weighted by Crippen LogP contribution is 2.19. The van der Waals surface area contributed by atoms with Crippen LogP contribution >= 0.6 is 0 Å². The van der Waals surface area contributed by atoms with Gasteiger partial charge in [0.05, 0.1) is 0 Å². The van der Waals surface area contributed by atoms with Gasteiger partial charge in [-0.3, -0.25) is 14.4 Å². The third kappa shape index (κ3) is 62.9. The Morgan fingerprint density at radius 1 is 0.253 bits per heavy atom. The maximum absolute atomic E-state index is 12.9. The van der Waals surface area contributed by atoms with Crippen molar-refractivity contribution in [2.75, 3.05) is 13.2 Å². The van der Waals surface area contributed by atoms with E-state index in [1.807, 2.05) is 0 Å². The van der Waals surface area contributed by atoms with Crippen molar-refractivity contribution >= 4 is 17.9 Å². The number of hydrogen-bond acceptors (Lipinski definition) is 6. The highest BCUT2D eigenvalue weighted by molar-refractivity contribution is 5.71. The highest BCUT2D eigenvalue weighted by atomic mass is 16.6. The number of carbonyl (C=O) groups is 3. The maximum atomic E-state index is 12.9. The molecule has 0 bridgehead atoms. The van der Waals surface area contributed by atoms with Crippen LogP contribution in [0.1, 0.15) is 393 Å². The summed E-state index contributed by atoms with van der Waals surface area (Å²) in [6.07, 6.45) is 76.7. The Hall–Kier alpha value is -1.85. The van der Waals surface area contributed by atoms with Crippen molar-refractivity contribution in [1.82, 2.24) is 0 Å². The summed E-state index contributed by atoms with van der Waals surface area (Å²) < 4.78 is 17.0. The van der Waals surface area contributed by atoms with Crippen molar-refractivity contribution in [3.63, 3.8) is 0 Å². The van der Waals surface area contributed by atoms with Crippen LogP contribution < -0.4 is 0 Å². The molecule has 0 rings (SSSR count). The van der Waals surface area contributed by atoms with Crippen LogP contribution in [0.3, 0.4) is 0 Å². The number of carbonyl (C=O) groups excluding carboxylic acids is 3. The van der Waals surface area contributed by atoms with Gasteiger partial charge in [0.25, 0.3) is 0 Å². The van der Waals surface area contributed by atoms with Crippen LogP contribution in [0.2, 0.25) is 0 Å². The second-order valence-corrected chi connectivity index (χ2v) is 23.5. The maximum Gasteiger partial charge on any atom is 0.306 e. The number of ether oxygens (including phenoxy) is 3. The zero-order valence-corrected chi connectivity index (χ0v) is 51.1. The molecule has 0 aromatic rings. The van der Waals surface area contributed by atoms with Crippen molar-refractivity contribution < 1.29 is 28.6 Å². The Bertz CT molecular complexity index is 1170. The van der Waals surface area contributed by atoms with Crippen LogP contribution in [0.15, 0.2) is 12.2 Å². The second kappa shape index (κ2) is 64.7. The van der Waals surface area contributed by atoms with Gasteiger partial charge in [0, 0.05) is 19.3 Å². The molecular formula is C69H132O6. The van der Waals surface area contributed by atoms with Gasteiger partial charge in [-0.2, -0.15) is 0 Å². The molecule has 0 fully saturated rings. The molecule has 0 aromatic carbocycles. The fraction of sp³-hybridized carbons (Fsp3) is 0.928. The van der Waals surface area contributed by atoms with Crippen molar-refractivity contribution in [2.24, 2.45) is 0 Å². The van der Waals surface area contributed by atoms with Gasteiger partial charge in [-0.05, 0) is 44.9 Å². The summed E-state index contributed by atoms with van der Waals surface area (Å²) in [6, 6.07) is 0. The van der Waals surface area contributed by atoms with E-state index in [0.717, 1.165) is 57.8 Å². The Kier molecular flexibility index (Phi) is 63.1. The van der Waals surface area contributed by atoms with Crippen LogP contribution in [-0.4, -0.2) is 37.2 Å². The molecule has 0 radical (unpaired) electrons. The molecule has 0 saturated carbocycles. The van der Waals surface area contributed by atoms with E-state index in [1.54, 1.807) is 0 Å². The molecule has 0 aromatic heterocycles. The third-order valence-electron chi connectivity index (χ3n) is 15.8. The topological polar surface area (TPSA) is 78.9 Å². The zero-order chi connectivity index (χ0) is 54.3. The number of unbranched alkanes of at least 4 members (excludes halogenated alkanes) is 51. The number of hydrogen-bond donors (Lipinski definition) is 0. The largest absolute Gasteiger partial charge is 0.462 e. The van der Waals surface area contributed by atoms with Crippen LogP contribution in [-0.2, 0) is 28.6 Å². The second-order valence-electron chi connectivity index (χ2n) is 23.5. The molecule has 75 heavy (non-hydrogen) atoms. The molecule has 1 unspecified atom stereocenters. The van der Waals surface area contributed by atoms with Crippen LogP contribution in [0, 0.1) is 0 Å². The monoisotopic (exact) mass is 1060 g/mol. The smallest absolute Gasteiger partial charge is 0.306 e. The molecule has 0 aliphatic rings. The van der Waals surface area contributed by atoms with E-state index in [1.165, 1.54) is 295 Å². The summed E-state index contributed by atoms with van der Waals surface area (Å²) >= 11 is 0. The van der Waals surface area contributed by atoms with E-state index in [0.29, 0.717) is 19.3 Å². The van der Waals surface area contributed by atoms with Gasteiger partial charge in [-0.25, -0.2) is 0 Å². The molecule has 0 saturated heterocycles. The van der Waals surface area contributed by atoms with Crippen molar-refractivity contribution in [3.8, 4) is 0 Å². The summed E-state index contributed by atoms with van der Waals surface area (Å²) in [6.45, 7) is 6.72. The summed E-state index contributed by atoms with van der Waals surface area (Å²) in [5.74, 6) is -0.829. The summed E-state index contributed by atoms with van der Waals surface area (Å²) in [4.78, 5) is 38.3. The van der Waals surface area contributed by atoms with Gasteiger partial charge < -0.3 is 14.2 Å². The molecule has 0 aliphatic carbocycles. The van der Waals surface area contributed by atoms with E-state index in [2.05, 4.69) is 32.9 Å². The average molecular weight is 1060 g/mol. The first-order valence-electron chi connectivity index (χ1n) is 34.2. The van der Waals surface area contributed by atoms with Crippen LogP contribution in [0.4, 0.5) is 0 Å². The lowest BCUT2D eigenvalue weighted by atomic mass is 10.0. The van der Waals surface area contributed by atoms with Gasteiger partial charge in [-0.15, -0.1) is 0 Å². The molecule has 0 N–H and O–H groups in total. The minimum atomic E-state index is -0.764. The van der Waals surface area contributed by atoms with E-state index in [-0.39, 0.29) is 31.1 Å². The minimum absolute atomic E-state index is 0.0625. The van der Waals surface area contributed by atoms with Gasteiger partial charge in [-0.1, -0.05) is 341 Å². The molecule has 1 atom stereocenters. The molecule has 444 valence electrons. The van der Waals surface area contributed by atoms with Crippen LogP contribution in [0.25, 0.3) is 0 Å². The first kappa shape index (κ1) is 73.2. The molecular weight excluding hydrogens is 925 g/mol. The summed E-state index contributed by atoms with van der Waals surface area (Å²) in [5.41, 5.74) is 0. The number of esters is 3. The average Bonchev–Trinajstić information content (AvgIpc) is 3.41. The zero-order valence-electron chi connectivity index (χ0n) is 51.1. The number of allylic oxidation sites excluding steroid dienone is 2. The summed E-state index contributed by atoms with van der Waals surface area (Å²) in [5, 5.41) is 0. The first-order chi connectivity index (χ1) is 37.0. The highest BCUT2D eigenvalue weighted by Gasteiger charge is 2.19. The third-order valence-corrected chi connectivity index (χ3v) is 15.8. The van der Waals surface area contributed by atoms with Gasteiger partial charge in [0.2, 0.25) is 0 Å². The van der Waals surface area contributed by atoms with E-state index >= 15 is 0 Å². The minimum Gasteiger partial charge on any atom is -0.462 e. The Labute approximate surface area is 469 Å². The fourth-order valence-electron chi connectivity index (χ4n) is 10.6. The fourth-order valence-corrected chi connectivity index (χ4v) is 10.6. The summed E-state index contributed by atoms with van der Waals surface area (Å²) in [7, 11) is 0. The van der Waals surface area contributed by atoms with Gasteiger partial charge >= 0.3 is 17.9 Å². The normalized spacial score (nSPS) is 12.0. The van der Waals surface area contributed by atoms with E-state index in [9.17, 15) is 14.4 Å². The lowest BCUT2D eigenvalue weighted by Crippen LogP contribution is -2.30. The Morgan fingerprint density at radius 2 is 0.440 bits per heavy atom. The molecule has 6 heteroatoms. The van der Waals surface area contributed by atoms with E-state index in [4.69, 9.17) is 14.2 Å². The predicted octanol–water partition coefficient (Wildman–Crippen LogP) is 23.2. The molecule has 6 nitrogen and oxygen atoms in total. The predicted molar refractivity (Wildman–Crippen MR) is 326 cm³/mol. The van der Waals surface area contributed by atoms with E-state index < -0.39 is 6.10 Å². The van der Waals surface area contributed by atoms with Crippen molar-refractivity contribution in [3.05, 3.63) is 12.2 Å². The Morgan fingerprint density at radius 3 is 0.667 bits per heavy atom. The van der Waals surface area contributed by atoms with Crippen LogP contribution in [0.5, 0.6) is 0 Å². The lowest BCUT2D eigenvalue weighted by molar-refractivity contribution is -0.167. The molecule has 0 spiro atoms.